The zero-order valence-corrected chi connectivity index (χ0v) is 20.5. The molecule has 8 nitrogen and oxygen atoms in total. The highest BCUT2D eigenvalue weighted by molar-refractivity contribution is 7.22. The van der Waals surface area contributed by atoms with Crippen LogP contribution in [0.15, 0.2) is 72.3 Å². The summed E-state index contributed by atoms with van der Waals surface area (Å²) in [5.41, 5.74) is 1.48. The quantitative estimate of drug-likeness (QED) is 0.226. The van der Waals surface area contributed by atoms with Crippen LogP contribution in [0, 0.1) is 0 Å². The molecular formula is C27H22N2O6S. The summed E-state index contributed by atoms with van der Waals surface area (Å²) >= 11 is 1.25. The predicted octanol–water partition coefficient (Wildman–Crippen LogP) is 4.95. The third kappa shape index (κ3) is 3.83. The van der Waals surface area contributed by atoms with Gasteiger partial charge in [-0.15, -0.1) is 0 Å². The smallest absolute Gasteiger partial charge is 0.301 e. The van der Waals surface area contributed by atoms with Crippen molar-refractivity contribution in [1.82, 2.24) is 4.98 Å². The lowest BCUT2D eigenvalue weighted by atomic mass is 9.94. The SMILES string of the molecule is COc1ccc(OC)c([C@@H]2/C(=C(\O)c3ccccc3)C(=O)C(=O)N2c2nc3ccc(OC)cc3s2)c1. The number of thiazole rings is 1. The molecule has 9 heteroatoms. The summed E-state index contributed by atoms with van der Waals surface area (Å²) < 4.78 is 17.1. The Balaban J connectivity index is 1.77. The van der Waals surface area contributed by atoms with E-state index in [4.69, 9.17) is 14.2 Å². The highest BCUT2D eigenvalue weighted by Gasteiger charge is 2.49. The first kappa shape index (κ1) is 23.4. The maximum absolute atomic E-state index is 13.5. The number of hydrogen-bond donors (Lipinski definition) is 1. The van der Waals surface area contributed by atoms with E-state index in [1.54, 1.807) is 67.8 Å². The Labute approximate surface area is 211 Å². The van der Waals surface area contributed by atoms with Gasteiger partial charge in [-0.2, -0.15) is 0 Å². The molecular weight excluding hydrogens is 480 g/mol. The van der Waals surface area contributed by atoms with Gasteiger partial charge in [0.05, 0.1) is 37.1 Å². The van der Waals surface area contributed by atoms with Crippen LogP contribution >= 0.6 is 11.3 Å². The first-order valence-corrected chi connectivity index (χ1v) is 11.8. The van der Waals surface area contributed by atoms with Gasteiger partial charge >= 0.3 is 5.91 Å². The summed E-state index contributed by atoms with van der Waals surface area (Å²) in [4.78, 5) is 32.9. The summed E-state index contributed by atoms with van der Waals surface area (Å²) in [5.74, 6) is -0.319. The van der Waals surface area contributed by atoms with Crippen LogP contribution in [0.5, 0.6) is 17.2 Å². The Kier molecular flexibility index (Phi) is 6.07. The van der Waals surface area contributed by atoms with Crippen LogP contribution in [0.3, 0.4) is 0 Å². The minimum atomic E-state index is -1.00. The number of rotatable bonds is 6. The third-order valence-electron chi connectivity index (χ3n) is 6.01. The normalized spacial score (nSPS) is 17.0. The summed E-state index contributed by atoms with van der Waals surface area (Å²) in [6, 6.07) is 18.1. The number of fused-ring (bicyclic) bond motifs is 1. The van der Waals surface area contributed by atoms with Gasteiger partial charge in [-0.3, -0.25) is 14.5 Å². The van der Waals surface area contributed by atoms with E-state index in [-0.39, 0.29) is 11.3 Å². The lowest BCUT2D eigenvalue weighted by molar-refractivity contribution is -0.132. The monoisotopic (exact) mass is 502 g/mol. The number of ketones is 1. The number of Topliss-reactive ketones (excluding diaryl/α,β-unsaturated/α-hetero) is 1. The van der Waals surface area contributed by atoms with E-state index in [2.05, 4.69) is 4.98 Å². The van der Waals surface area contributed by atoms with Gasteiger partial charge in [-0.1, -0.05) is 41.7 Å². The van der Waals surface area contributed by atoms with Gasteiger partial charge in [0.2, 0.25) is 0 Å². The first-order valence-electron chi connectivity index (χ1n) is 11.0. The van der Waals surface area contributed by atoms with Crippen molar-refractivity contribution in [3.8, 4) is 17.2 Å². The van der Waals surface area contributed by atoms with Gasteiger partial charge in [0.15, 0.2) is 5.13 Å². The molecule has 0 aliphatic carbocycles. The fraction of sp³-hybridized carbons (Fsp3) is 0.148. The van der Waals surface area contributed by atoms with Crippen molar-refractivity contribution in [2.24, 2.45) is 0 Å². The lowest BCUT2D eigenvalue weighted by Gasteiger charge is -2.25. The minimum absolute atomic E-state index is 0.0606. The zero-order valence-electron chi connectivity index (χ0n) is 19.7. The number of benzene rings is 3. The molecule has 1 N–H and O–H groups in total. The maximum atomic E-state index is 13.5. The molecule has 1 atom stereocenters. The Morgan fingerprint density at radius 3 is 2.31 bits per heavy atom. The van der Waals surface area contributed by atoms with Gasteiger partial charge in [-0.25, -0.2) is 4.98 Å². The Morgan fingerprint density at radius 2 is 1.61 bits per heavy atom. The van der Waals surface area contributed by atoms with Crippen LogP contribution in [0.25, 0.3) is 16.0 Å². The minimum Gasteiger partial charge on any atom is -0.507 e. The number of hydrogen-bond acceptors (Lipinski definition) is 8. The maximum Gasteiger partial charge on any atom is 0.301 e. The van der Waals surface area contributed by atoms with Crippen molar-refractivity contribution < 1.29 is 28.9 Å². The summed E-state index contributed by atoms with van der Waals surface area (Å²) in [6.07, 6.45) is 0. The van der Waals surface area contributed by atoms with Crippen molar-refractivity contribution in [3.05, 3.63) is 83.4 Å². The molecule has 1 aromatic heterocycles. The van der Waals surface area contributed by atoms with Gasteiger partial charge in [0, 0.05) is 11.1 Å². The second-order valence-electron chi connectivity index (χ2n) is 7.97. The molecule has 0 bridgehead atoms. The van der Waals surface area contributed by atoms with Gasteiger partial charge in [-0.05, 0) is 36.4 Å². The molecule has 36 heavy (non-hydrogen) atoms. The van der Waals surface area contributed by atoms with Crippen molar-refractivity contribution in [3.63, 3.8) is 0 Å². The highest BCUT2D eigenvalue weighted by Crippen LogP contribution is 2.47. The van der Waals surface area contributed by atoms with Crippen molar-refractivity contribution in [1.29, 1.82) is 0 Å². The van der Waals surface area contributed by atoms with Crippen molar-refractivity contribution in [2.45, 2.75) is 6.04 Å². The Bertz CT molecular complexity index is 1510. The topological polar surface area (TPSA) is 98.2 Å². The molecule has 1 amide bonds. The molecule has 3 aromatic carbocycles. The number of ether oxygens (including phenoxy) is 3. The van der Waals surface area contributed by atoms with Crippen LogP contribution < -0.4 is 19.1 Å². The van der Waals surface area contributed by atoms with Crippen molar-refractivity contribution >= 4 is 44.1 Å². The standard InChI is InChI=1S/C27H22N2O6S/c1-33-16-10-12-20(35-3)18(13-16)23-22(24(30)15-7-5-4-6-8-15)25(31)26(32)29(23)27-28-19-11-9-17(34-2)14-21(19)36-27/h4-14,23,30H,1-3H3/b24-22+/t23-/m1/s1. The van der Waals surface area contributed by atoms with E-state index >= 15 is 0 Å². The number of amides is 1. The molecule has 1 aliphatic rings. The molecule has 5 rings (SSSR count). The molecule has 2 heterocycles. The number of carbonyl (C=O) groups excluding carboxylic acids is 2. The van der Waals surface area contributed by atoms with Crippen LogP contribution in [0.2, 0.25) is 0 Å². The summed E-state index contributed by atoms with van der Waals surface area (Å²) in [5, 5.41) is 11.6. The number of nitrogens with zero attached hydrogens (tertiary/aromatic N) is 2. The van der Waals surface area contributed by atoms with E-state index in [9.17, 15) is 14.7 Å². The molecule has 1 aliphatic heterocycles. The highest BCUT2D eigenvalue weighted by atomic mass is 32.1. The lowest BCUT2D eigenvalue weighted by Crippen LogP contribution is -2.29. The van der Waals surface area contributed by atoms with Crippen LogP contribution in [0.4, 0.5) is 5.13 Å². The van der Waals surface area contributed by atoms with Crippen LogP contribution in [0.1, 0.15) is 17.2 Å². The van der Waals surface area contributed by atoms with E-state index in [0.717, 1.165) is 4.70 Å². The van der Waals surface area contributed by atoms with E-state index in [1.807, 2.05) is 6.07 Å². The Morgan fingerprint density at radius 1 is 0.917 bits per heavy atom. The summed E-state index contributed by atoms with van der Waals surface area (Å²) in [6.45, 7) is 0. The fourth-order valence-electron chi connectivity index (χ4n) is 4.25. The molecule has 0 spiro atoms. The van der Waals surface area contributed by atoms with Crippen molar-refractivity contribution in [2.75, 3.05) is 26.2 Å². The average molecular weight is 503 g/mol. The zero-order chi connectivity index (χ0) is 25.4. The average Bonchev–Trinajstić information content (AvgIpc) is 3.45. The summed E-state index contributed by atoms with van der Waals surface area (Å²) in [7, 11) is 4.59. The molecule has 0 saturated carbocycles. The molecule has 182 valence electrons. The van der Waals surface area contributed by atoms with E-state index in [1.165, 1.54) is 30.5 Å². The largest absolute Gasteiger partial charge is 0.507 e. The second kappa shape index (κ2) is 9.35. The number of anilines is 1. The van der Waals surface area contributed by atoms with E-state index in [0.29, 0.717) is 39.0 Å². The molecule has 4 aromatic rings. The van der Waals surface area contributed by atoms with Crippen LogP contribution in [-0.4, -0.2) is 43.1 Å². The van der Waals surface area contributed by atoms with Gasteiger partial charge in [0.25, 0.3) is 5.78 Å². The number of carbonyl (C=O) groups is 2. The van der Waals surface area contributed by atoms with Crippen LogP contribution in [-0.2, 0) is 9.59 Å². The third-order valence-corrected chi connectivity index (χ3v) is 7.03. The predicted molar refractivity (Wildman–Crippen MR) is 137 cm³/mol. The molecule has 0 unspecified atom stereocenters. The molecule has 0 radical (unpaired) electrons. The number of aliphatic hydroxyl groups is 1. The Hall–Kier alpha value is -4.37. The molecule has 1 saturated heterocycles. The van der Waals surface area contributed by atoms with Gasteiger partial charge < -0.3 is 19.3 Å². The van der Waals surface area contributed by atoms with E-state index < -0.39 is 17.7 Å². The van der Waals surface area contributed by atoms with Gasteiger partial charge in [0.1, 0.15) is 29.0 Å². The number of methoxy groups -OCH3 is 3. The number of aliphatic hydroxyl groups excluding tert-OH is 1. The molecule has 1 fully saturated rings. The fourth-order valence-corrected chi connectivity index (χ4v) is 5.27. The second-order valence-corrected chi connectivity index (χ2v) is 8.98. The number of aromatic nitrogens is 1. The first-order chi connectivity index (χ1) is 17.5.